The molecule has 0 aliphatic carbocycles. The number of hydrogen-bond acceptors (Lipinski definition) is 2. The molecule has 0 atom stereocenters. The van der Waals surface area contributed by atoms with Gasteiger partial charge >= 0.3 is 29.6 Å². The molecule has 0 bridgehead atoms. The Morgan fingerprint density at radius 1 is 1.75 bits per heavy atom. The van der Waals surface area contributed by atoms with Gasteiger partial charge in [-0.05, 0) is 0 Å². The number of rotatable bonds is 0. The molecule has 0 saturated carbocycles. The average molecular weight is 68.1 g/mol. The van der Waals surface area contributed by atoms with Gasteiger partial charge in [-0.15, -0.1) is 0 Å². The second-order valence-corrected chi connectivity index (χ2v) is 0.204. The molecule has 0 aromatic rings. The smallest absolute Gasteiger partial charge is 0.413 e. The molecule has 3 heteroatoms. The van der Waals surface area contributed by atoms with Gasteiger partial charge in [0.1, 0.15) is 0 Å². The van der Waals surface area contributed by atoms with E-state index in [1.54, 1.807) is 0 Å². The van der Waals surface area contributed by atoms with Crippen LogP contribution in [0.15, 0.2) is 0 Å². The Labute approximate surface area is 48.0 Å². The van der Waals surface area contributed by atoms with Crippen LogP contribution in [-0.2, 0) is 0 Å². The molecule has 0 aliphatic heterocycles. The maximum absolute atomic E-state index is 4.49. The molecule has 0 unspecified atom stereocenters. The van der Waals surface area contributed by atoms with Gasteiger partial charge in [0.05, 0.1) is 0 Å². The van der Waals surface area contributed by atoms with Crippen LogP contribution in [0.2, 0.25) is 0 Å². The summed E-state index contributed by atoms with van der Waals surface area (Å²) >= 11 is 0. The molecule has 0 rings (SSSR count). The van der Waals surface area contributed by atoms with Crippen molar-refractivity contribution in [3.63, 3.8) is 0 Å². The van der Waals surface area contributed by atoms with E-state index in [2.05, 4.69) is 12.9 Å². The van der Waals surface area contributed by atoms with Gasteiger partial charge in [0.2, 0.25) is 0 Å². The zero-order valence-corrected chi connectivity index (χ0v) is 4.78. The van der Waals surface area contributed by atoms with Gasteiger partial charge in [0.25, 0.3) is 0 Å². The van der Waals surface area contributed by atoms with Crippen LogP contribution in [0.1, 0.15) is 0 Å². The molecule has 2 nitrogen and oxygen atoms in total. The molecule has 0 aromatic heterocycles. The molecule has 0 aromatic carbocycles. The summed E-state index contributed by atoms with van der Waals surface area (Å²) in [5, 5.41) is 0. The summed E-state index contributed by atoms with van der Waals surface area (Å²) in [5.41, 5.74) is 2.00. The molecular weight excluding hydrogens is 63.0 g/mol. The van der Waals surface area contributed by atoms with E-state index in [9.17, 15) is 0 Å². The standard InChI is InChI=1S/CH5N2.Na/c1-3-2;/h3H,1-2H2;/q-1;+1. The summed E-state index contributed by atoms with van der Waals surface area (Å²) in [7, 11) is 3.01. The molecule has 0 fully saturated rings. The third kappa shape index (κ3) is 12.7. The van der Waals surface area contributed by atoms with E-state index >= 15 is 0 Å². The molecule has 0 radical (unpaired) electrons. The Hall–Kier alpha value is 0.920. The van der Waals surface area contributed by atoms with Crippen molar-refractivity contribution in [1.82, 2.24) is 5.43 Å². The molecule has 3 N–H and O–H groups in total. The maximum atomic E-state index is 4.49. The molecule has 0 spiro atoms. The molecule has 0 amide bonds. The molecule has 4 heavy (non-hydrogen) atoms. The number of hydrazine groups is 1. The van der Waals surface area contributed by atoms with Crippen molar-refractivity contribution in [2.45, 2.75) is 0 Å². The first-order chi connectivity index (χ1) is 1.41. The fraction of sp³-hybridized carbons (Fsp3) is 0. The normalized spacial score (nSPS) is 4.50. The minimum absolute atomic E-state index is 0. The number of nitrogens with one attached hydrogen (secondary N) is 1. The monoisotopic (exact) mass is 68.0 g/mol. The summed E-state index contributed by atoms with van der Waals surface area (Å²) in [4.78, 5) is 0. The average Bonchev–Trinajstić information content (AvgIpc) is 0.918. The van der Waals surface area contributed by atoms with Crippen LogP contribution in [0, 0.1) is 7.05 Å². The molecule has 20 valence electrons. The van der Waals surface area contributed by atoms with Gasteiger partial charge in [-0.3, -0.25) is 7.05 Å². The molecule has 0 aliphatic rings. The number of hydrogen-bond donors (Lipinski definition) is 2. The first-order valence-corrected chi connectivity index (χ1v) is 0.642. The third-order valence-electron chi connectivity index (χ3n) is 0. The van der Waals surface area contributed by atoms with E-state index in [0.29, 0.717) is 0 Å². The zero-order valence-electron chi connectivity index (χ0n) is 2.78. The molecule has 0 heterocycles. The summed E-state index contributed by atoms with van der Waals surface area (Å²) in [5.74, 6) is 4.49. The third-order valence-corrected chi connectivity index (χ3v) is 0. The Bertz CT molecular complexity index is 6.00. The van der Waals surface area contributed by atoms with Crippen LogP contribution in [0.4, 0.5) is 0 Å². The van der Waals surface area contributed by atoms with Gasteiger partial charge < -0.3 is 11.3 Å². The van der Waals surface area contributed by atoms with Crippen molar-refractivity contribution in [2.75, 3.05) is 0 Å². The van der Waals surface area contributed by atoms with Crippen molar-refractivity contribution < 1.29 is 29.6 Å². The van der Waals surface area contributed by atoms with Crippen molar-refractivity contribution in [1.29, 1.82) is 0 Å². The Morgan fingerprint density at radius 3 is 1.75 bits per heavy atom. The summed E-state index contributed by atoms with van der Waals surface area (Å²) in [6, 6.07) is 0. The summed E-state index contributed by atoms with van der Waals surface area (Å²) in [6.07, 6.45) is 0. The van der Waals surface area contributed by atoms with E-state index in [-0.39, 0.29) is 29.6 Å². The van der Waals surface area contributed by atoms with E-state index in [1.165, 1.54) is 0 Å². The van der Waals surface area contributed by atoms with Crippen molar-refractivity contribution in [3.8, 4) is 0 Å². The molecule has 0 saturated heterocycles. The second kappa shape index (κ2) is 9.07. The van der Waals surface area contributed by atoms with Crippen LogP contribution < -0.4 is 40.8 Å². The predicted molar refractivity (Wildman–Crippen MR) is 12.7 cm³/mol. The Morgan fingerprint density at radius 2 is 1.75 bits per heavy atom. The van der Waals surface area contributed by atoms with Gasteiger partial charge in [-0.25, -0.2) is 0 Å². The van der Waals surface area contributed by atoms with Crippen molar-refractivity contribution in [2.24, 2.45) is 5.84 Å². The SMILES string of the molecule is [CH2-]NN.[Na+]. The van der Waals surface area contributed by atoms with E-state index in [1.807, 2.05) is 5.43 Å². The van der Waals surface area contributed by atoms with Crippen LogP contribution in [0.25, 0.3) is 0 Å². The largest absolute Gasteiger partial charge is 1.00 e. The Balaban J connectivity index is 0. The van der Waals surface area contributed by atoms with Gasteiger partial charge in [0.15, 0.2) is 0 Å². The fourth-order valence-corrected chi connectivity index (χ4v) is 0. The molecular formula is CH5N2Na. The Kier molecular flexibility index (Phi) is 20.1. The quantitative estimate of drug-likeness (QED) is 0.132. The second-order valence-electron chi connectivity index (χ2n) is 0.204. The van der Waals surface area contributed by atoms with Gasteiger partial charge in [-0.2, -0.15) is 0 Å². The van der Waals surface area contributed by atoms with Crippen molar-refractivity contribution >= 4 is 0 Å². The van der Waals surface area contributed by atoms with E-state index in [4.69, 9.17) is 0 Å². The van der Waals surface area contributed by atoms with E-state index in [0.717, 1.165) is 0 Å². The fourth-order valence-electron chi connectivity index (χ4n) is 0. The first kappa shape index (κ1) is 8.87. The maximum Gasteiger partial charge on any atom is 1.00 e. The van der Waals surface area contributed by atoms with Crippen molar-refractivity contribution in [3.05, 3.63) is 7.05 Å². The van der Waals surface area contributed by atoms with Crippen LogP contribution in [0.3, 0.4) is 0 Å². The summed E-state index contributed by atoms with van der Waals surface area (Å²) in [6.45, 7) is 0. The van der Waals surface area contributed by atoms with Crippen LogP contribution in [-0.4, -0.2) is 0 Å². The predicted octanol–water partition coefficient (Wildman–Crippen LogP) is -3.75. The minimum atomic E-state index is 0. The topological polar surface area (TPSA) is 38.0 Å². The number of nitrogens with two attached hydrogens (primary N) is 1. The zero-order chi connectivity index (χ0) is 2.71. The van der Waals surface area contributed by atoms with Gasteiger partial charge in [-0.1, -0.05) is 0 Å². The summed E-state index contributed by atoms with van der Waals surface area (Å²) < 4.78 is 0. The van der Waals surface area contributed by atoms with E-state index < -0.39 is 0 Å². The van der Waals surface area contributed by atoms with Crippen LogP contribution in [0.5, 0.6) is 0 Å². The minimum Gasteiger partial charge on any atom is -0.413 e. The van der Waals surface area contributed by atoms with Gasteiger partial charge in [0, 0.05) is 0 Å². The van der Waals surface area contributed by atoms with Crippen LogP contribution >= 0.6 is 0 Å². The first-order valence-electron chi connectivity index (χ1n) is 0.642.